The molecule has 0 aliphatic rings. The fourth-order valence-electron chi connectivity index (χ4n) is 0. The van der Waals surface area contributed by atoms with Crippen molar-refractivity contribution < 1.29 is 24.6 Å². The van der Waals surface area contributed by atoms with E-state index in [0.29, 0.717) is 0 Å². The summed E-state index contributed by atoms with van der Waals surface area (Å²) in [4.78, 5) is 0. The fraction of sp³-hybridized carbons (Fsp3) is 0. The number of rotatable bonds is 0. The second-order valence-corrected chi connectivity index (χ2v) is 2.71. The van der Waals surface area contributed by atoms with E-state index in [2.05, 4.69) is 0 Å². The van der Waals surface area contributed by atoms with Crippen LogP contribution >= 0.6 is 0 Å². The number of hydrogen-bond donors (Lipinski definition) is 5. The van der Waals surface area contributed by atoms with Gasteiger partial charge in [0.05, 0.1) is 0 Å². The van der Waals surface area contributed by atoms with Crippen LogP contribution in [0.1, 0.15) is 0 Å². The summed E-state index contributed by atoms with van der Waals surface area (Å²) in [5.74, 6) is 0. The van der Waals surface area contributed by atoms with E-state index in [9.17, 15) is 0 Å². The monoisotopic (exact) mass is 251 g/mol. The first-order chi connectivity index (χ1) is 3.46. The van der Waals surface area contributed by atoms with Crippen molar-refractivity contribution in [2.45, 2.75) is 0 Å². The predicted molar refractivity (Wildman–Crippen MR) is 22.6 cm³/mol. The van der Waals surface area contributed by atoms with E-state index in [1.165, 1.54) is 0 Å². The van der Waals surface area contributed by atoms with Crippen LogP contribution < -0.4 is 4.10 Å². The first kappa shape index (κ1) is 11.6. The molecule has 0 aliphatic carbocycles. The van der Waals surface area contributed by atoms with Crippen molar-refractivity contribution in [1.82, 2.24) is 0 Å². The Labute approximate surface area is 56.3 Å². The molecule has 0 aliphatic heterocycles. The molecule has 0 heterocycles. The van der Waals surface area contributed by atoms with Crippen LogP contribution in [0.2, 0.25) is 0 Å². The van der Waals surface area contributed by atoms with Crippen LogP contribution in [-0.4, -0.2) is 51.8 Å². The Morgan fingerprint density at radius 3 is 0.875 bits per heavy atom. The van der Waals surface area contributed by atoms with Gasteiger partial charge in [0.1, 0.15) is 0 Å². The van der Waals surface area contributed by atoms with E-state index in [0.717, 1.165) is 0 Å². The minimum atomic E-state index is -3.44. The molecule has 8 heteroatoms. The van der Waals surface area contributed by atoms with Gasteiger partial charge in [0.25, 0.3) is 0 Å². The fourth-order valence-corrected chi connectivity index (χ4v) is 0. The molecular weight excluding hydrogens is 246 g/mol. The molecular formula is H5As2O6-. The average molecular weight is 251 g/mol. The Kier molecular flexibility index (Phi) is 11.5. The summed E-state index contributed by atoms with van der Waals surface area (Å²) in [6.07, 6.45) is 0. The molecule has 0 rings (SSSR count). The van der Waals surface area contributed by atoms with Gasteiger partial charge in [-0.2, -0.15) is 0 Å². The molecule has 0 spiro atoms. The molecule has 0 amide bonds. The third kappa shape index (κ3) is 309. The van der Waals surface area contributed by atoms with Gasteiger partial charge in [-0.05, 0) is 0 Å². The zero-order valence-corrected chi connectivity index (χ0v) is 7.29. The van der Waals surface area contributed by atoms with Crippen molar-refractivity contribution in [3.8, 4) is 0 Å². The minimum absolute atomic E-state index is 3.19. The van der Waals surface area contributed by atoms with Crippen LogP contribution in [-0.2, 0) is 0 Å². The Bertz CT molecular complexity index is 22.0. The molecule has 8 heavy (non-hydrogen) atoms. The quantitative estimate of drug-likeness (QED) is 0.275. The van der Waals surface area contributed by atoms with E-state index in [4.69, 9.17) is 24.6 Å². The Hall–Kier alpha value is 0.877. The summed E-state index contributed by atoms with van der Waals surface area (Å²) in [6.45, 7) is 0. The molecule has 0 aromatic heterocycles. The van der Waals surface area contributed by atoms with Gasteiger partial charge in [-0.25, -0.2) is 0 Å². The van der Waals surface area contributed by atoms with Crippen LogP contribution in [0, 0.1) is 0 Å². The molecule has 52 valence electrons. The maximum absolute atomic E-state index is 8.78. The van der Waals surface area contributed by atoms with Gasteiger partial charge in [-0.3, -0.25) is 0 Å². The van der Waals surface area contributed by atoms with E-state index in [1.54, 1.807) is 0 Å². The molecule has 0 radical (unpaired) electrons. The Morgan fingerprint density at radius 2 is 0.875 bits per heavy atom. The Morgan fingerprint density at radius 1 is 0.875 bits per heavy atom. The first-order valence-electron chi connectivity index (χ1n) is 1.18. The SMILES string of the molecule is O[As](O)O.[O-][As](O)O. The van der Waals surface area contributed by atoms with Gasteiger partial charge in [0.15, 0.2) is 0 Å². The van der Waals surface area contributed by atoms with Crippen LogP contribution in [0.3, 0.4) is 0 Å². The summed E-state index contributed by atoms with van der Waals surface area (Å²) in [7, 11) is 0. The molecule has 0 aromatic rings. The summed E-state index contributed by atoms with van der Waals surface area (Å²) in [5, 5.41) is 0. The molecule has 0 saturated heterocycles. The zero-order chi connectivity index (χ0) is 7.15. The molecule has 0 atom stereocenters. The van der Waals surface area contributed by atoms with Crippen LogP contribution in [0.15, 0.2) is 0 Å². The topological polar surface area (TPSA) is 124 Å². The molecule has 0 bridgehead atoms. The third-order valence-corrected chi connectivity index (χ3v) is 0. The van der Waals surface area contributed by atoms with Gasteiger partial charge in [0.2, 0.25) is 0 Å². The normalized spacial score (nSPS) is 9.00. The van der Waals surface area contributed by atoms with E-state index < -0.39 is 31.4 Å². The zero-order valence-electron chi connectivity index (χ0n) is 3.54. The first-order valence-corrected chi connectivity index (χ1v) is 6.14. The molecule has 0 unspecified atom stereocenters. The van der Waals surface area contributed by atoms with Crippen molar-refractivity contribution in [2.75, 3.05) is 0 Å². The summed E-state index contributed by atoms with van der Waals surface area (Å²) >= 11 is -6.62. The van der Waals surface area contributed by atoms with Crippen LogP contribution in [0.4, 0.5) is 0 Å². The van der Waals surface area contributed by atoms with Crippen molar-refractivity contribution in [3.63, 3.8) is 0 Å². The second kappa shape index (κ2) is 7.88. The second-order valence-electron chi connectivity index (χ2n) is 0.521. The van der Waals surface area contributed by atoms with Crippen LogP contribution in [0.25, 0.3) is 0 Å². The van der Waals surface area contributed by atoms with E-state index in [1.807, 2.05) is 0 Å². The Balaban J connectivity index is 0. The van der Waals surface area contributed by atoms with Gasteiger partial charge >= 0.3 is 55.9 Å². The molecule has 0 aromatic carbocycles. The predicted octanol–water partition coefficient (Wildman–Crippen LogP) is -4.74. The average Bonchev–Trinajstić information content (AvgIpc) is 1.25. The van der Waals surface area contributed by atoms with Crippen molar-refractivity contribution in [1.29, 1.82) is 0 Å². The standard InChI is InChI=1S/AsH3O3.AsH2O3/c2*2-1(3)4/h2-4H;2-3H/q;-1. The van der Waals surface area contributed by atoms with Crippen molar-refractivity contribution in [3.05, 3.63) is 0 Å². The summed E-state index contributed by atoms with van der Waals surface area (Å²) < 4.78 is 45.1. The van der Waals surface area contributed by atoms with Gasteiger partial charge in [-0.1, -0.05) is 0 Å². The molecule has 0 saturated carbocycles. The van der Waals surface area contributed by atoms with E-state index >= 15 is 0 Å². The maximum atomic E-state index is 8.78. The molecule has 6 nitrogen and oxygen atoms in total. The van der Waals surface area contributed by atoms with Crippen molar-refractivity contribution >= 4 is 31.4 Å². The van der Waals surface area contributed by atoms with Gasteiger partial charge < -0.3 is 0 Å². The summed E-state index contributed by atoms with van der Waals surface area (Å²) in [6, 6.07) is 0. The van der Waals surface area contributed by atoms with Gasteiger partial charge in [-0.15, -0.1) is 0 Å². The van der Waals surface area contributed by atoms with Gasteiger partial charge in [0, 0.05) is 0 Å². The third-order valence-electron chi connectivity index (χ3n) is 0. The number of hydrogen-bond acceptors (Lipinski definition) is 6. The van der Waals surface area contributed by atoms with Crippen molar-refractivity contribution in [2.24, 2.45) is 0 Å². The molecule has 5 N–H and O–H groups in total. The summed E-state index contributed by atoms with van der Waals surface area (Å²) in [5.41, 5.74) is 0. The van der Waals surface area contributed by atoms with Crippen LogP contribution in [0.5, 0.6) is 0 Å². The molecule has 0 fully saturated rings. The van der Waals surface area contributed by atoms with E-state index in [-0.39, 0.29) is 0 Å².